The van der Waals surface area contributed by atoms with Crippen LogP contribution in [0, 0.1) is 11.3 Å². The van der Waals surface area contributed by atoms with Crippen molar-refractivity contribution >= 4 is 23.4 Å². The second-order valence-electron chi connectivity index (χ2n) is 3.06. The summed E-state index contributed by atoms with van der Waals surface area (Å²) in [5.74, 6) is 0. The molecule has 1 aromatic carbocycles. The zero-order chi connectivity index (χ0) is 10.8. The highest BCUT2D eigenvalue weighted by molar-refractivity contribution is 6.33. The predicted octanol–water partition coefficient (Wildman–Crippen LogP) is 2.19. The molecular weight excluding hydrogens is 216 g/mol. The van der Waals surface area contributed by atoms with Crippen molar-refractivity contribution in [2.24, 2.45) is 0 Å². The van der Waals surface area contributed by atoms with Crippen LogP contribution in [-0.4, -0.2) is 18.7 Å². The molecule has 1 heterocycles. The molecule has 4 nitrogen and oxygen atoms in total. The fourth-order valence-electron chi connectivity index (χ4n) is 1.40. The van der Waals surface area contributed by atoms with Crippen LogP contribution >= 0.6 is 11.6 Å². The number of hydrogen-bond donors (Lipinski definition) is 0. The molecule has 1 fully saturated rings. The number of nitrogens with zero attached hydrogens (tertiary/aromatic N) is 2. The lowest BCUT2D eigenvalue weighted by molar-refractivity contribution is 0.162. The first kappa shape index (κ1) is 9.81. The van der Waals surface area contributed by atoms with Crippen LogP contribution in [0.3, 0.4) is 0 Å². The lowest BCUT2D eigenvalue weighted by Crippen LogP contribution is -2.24. The maximum Gasteiger partial charge on any atom is 0.415 e. The molecule has 1 atom stereocenters. The quantitative estimate of drug-likeness (QED) is 0.732. The van der Waals surface area contributed by atoms with Gasteiger partial charge in [0.25, 0.3) is 0 Å². The summed E-state index contributed by atoms with van der Waals surface area (Å²) in [7, 11) is 0. The van der Waals surface area contributed by atoms with Crippen LogP contribution in [-0.2, 0) is 4.74 Å². The predicted molar refractivity (Wildman–Crippen MR) is 54.7 cm³/mol. The van der Waals surface area contributed by atoms with Gasteiger partial charge in [-0.2, -0.15) is 5.26 Å². The molecule has 15 heavy (non-hydrogen) atoms. The molecule has 1 saturated heterocycles. The number of nitriles is 1. The topological polar surface area (TPSA) is 53.3 Å². The van der Waals surface area contributed by atoms with Crippen LogP contribution < -0.4 is 4.90 Å². The number of cyclic esters (lactones) is 1. The smallest absolute Gasteiger partial charge is 0.415 e. The number of hydrogen-bond acceptors (Lipinski definition) is 3. The molecule has 0 saturated carbocycles. The lowest BCUT2D eigenvalue weighted by atomic mass is 10.3. The lowest BCUT2D eigenvalue weighted by Gasteiger charge is -2.13. The van der Waals surface area contributed by atoms with E-state index in [0.29, 0.717) is 10.7 Å². The van der Waals surface area contributed by atoms with Crippen molar-refractivity contribution in [2.75, 3.05) is 11.4 Å². The minimum Gasteiger partial charge on any atom is -0.428 e. The summed E-state index contributed by atoms with van der Waals surface area (Å²) < 4.78 is 4.80. The third kappa shape index (κ3) is 1.74. The first-order valence-electron chi connectivity index (χ1n) is 4.34. The minimum atomic E-state index is -0.714. The summed E-state index contributed by atoms with van der Waals surface area (Å²) in [5, 5.41) is 9.10. The van der Waals surface area contributed by atoms with Crippen LogP contribution in [0.15, 0.2) is 24.3 Å². The standard InChI is InChI=1S/C10H7ClN2O2/c11-8-3-1-2-4-9(8)13-6-7(5-12)15-10(13)14/h1-4,7H,6H2. The largest absolute Gasteiger partial charge is 0.428 e. The van der Waals surface area contributed by atoms with Crippen LogP contribution in [0.25, 0.3) is 0 Å². The summed E-state index contributed by atoms with van der Waals surface area (Å²) in [5.41, 5.74) is 0.571. The molecule has 1 amide bonds. The van der Waals surface area contributed by atoms with Gasteiger partial charge in [0.15, 0.2) is 0 Å². The highest BCUT2D eigenvalue weighted by Gasteiger charge is 2.33. The second-order valence-corrected chi connectivity index (χ2v) is 3.47. The maximum absolute atomic E-state index is 11.4. The fraction of sp³-hybridized carbons (Fsp3) is 0.200. The number of amides is 1. The van der Waals surface area contributed by atoms with E-state index in [-0.39, 0.29) is 6.54 Å². The first-order chi connectivity index (χ1) is 7.22. The van der Waals surface area contributed by atoms with E-state index < -0.39 is 12.2 Å². The monoisotopic (exact) mass is 222 g/mol. The summed E-state index contributed by atoms with van der Waals surface area (Å²) in [6, 6.07) is 8.83. The van der Waals surface area contributed by atoms with Gasteiger partial charge in [-0.25, -0.2) is 4.79 Å². The number of rotatable bonds is 1. The van der Waals surface area contributed by atoms with E-state index in [2.05, 4.69) is 0 Å². The summed E-state index contributed by atoms with van der Waals surface area (Å²) in [6.07, 6.45) is -1.25. The summed E-state index contributed by atoms with van der Waals surface area (Å²) in [6.45, 7) is 0.221. The molecule has 0 bridgehead atoms. The second kappa shape index (κ2) is 3.79. The average Bonchev–Trinajstić information content (AvgIpc) is 2.60. The Bertz CT molecular complexity index is 441. The van der Waals surface area contributed by atoms with Gasteiger partial charge in [0, 0.05) is 0 Å². The normalized spacial score (nSPS) is 19.9. The zero-order valence-corrected chi connectivity index (χ0v) is 8.44. The molecule has 1 aliphatic rings. The van der Waals surface area contributed by atoms with Gasteiger partial charge in [0.2, 0.25) is 6.10 Å². The number of carbonyl (C=O) groups excluding carboxylic acids is 1. The van der Waals surface area contributed by atoms with Crippen molar-refractivity contribution in [2.45, 2.75) is 6.10 Å². The van der Waals surface area contributed by atoms with Crippen molar-refractivity contribution < 1.29 is 9.53 Å². The van der Waals surface area contributed by atoms with Gasteiger partial charge < -0.3 is 4.74 Å². The van der Waals surface area contributed by atoms with Crippen molar-refractivity contribution in [3.63, 3.8) is 0 Å². The molecular formula is C10H7ClN2O2. The molecule has 0 radical (unpaired) electrons. The third-order valence-electron chi connectivity index (χ3n) is 2.10. The Kier molecular flexibility index (Phi) is 2.48. The number of para-hydroxylation sites is 1. The molecule has 1 unspecified atom stereocenters. The molecule has 0 N–H and O–H groups in total. The van der Waals surface area contributed by atoms with Gasteiger partial charge in [0.1, 0.15) is 6.07 Å². The van der Waals surface area contributed by atoms with E-state index in [1.807, 2.05) is 6.07 Å². The zero-order valence-electron chi connectivity index (χ0n) is 7.68. The Morgan fingerprint density at radius 3 is 2.87 bits per heavy atom. The fourth-order valence-corrected chi connectivity index (χ4v) is 1.64. The van der Waals surface area contributed by atoms with E-state index in [1.165, 1.54) is 4.90 Å². The minimum absolute atomic E-state index is 0.221. The SMILES string of the molecule is N#CC1CN(c2ccccc2Cl)C(=O)O1. The number of carbonyl (C=O) groups is 1. The Morgan fingerprint density at radius 1 is 1.53 bits per heavy atom. The summed E-state index contributed by atoms with van der Waals surface area (Å²) in [4.78, 5) is 12.7. The van der Waals surface area contributed by atoms with Crippen LogP contribution in [0.4, 0.5) is 10.5 Å². The van der Waals surface area contributed by atoms with Crippen LogP contribution in [0.5, 0.6) is 0 Å². The number of halogens is 1. The van der Waals surface area contributed by atoms with Gasteiger partial charge >= 0.3 is 6.09 Å². The van der Waals surface area contributed by atoms with Gasteiger partial charge in [0.05, 0.1) is 17.3 Å². The molecule has 1 aromatic rings. The number of ether oxygens (including phenoxy) is 1. The molecule has 5 heteroatoms. The Balaban J connectivity index is 2.30. The highest BCUT2D eigenvalue weighted by atomic mass is 35.5. The van der Waals surface area contributed by atoms with Crippen molar-refractivity contribution in [3.8, 4) is 6.07 Å². The van der Waals surface area contributed by atoms with Crippen molar-refractivity contribution in [1.29, 1.82) is 5.26 Å². The Morgan fingerprint density at radius 2 is 2.27 bits per heavy atom. The van der Waals surface area contributed by atoms with E-state index in [1.54, 1.807) is 24.3 Å². The number of anilines is 1. The van der Waals surface area contributed by atoms with Gasteiger partial charge in [-0.05, 0) is 12.1 Å². The van der Waals surface area contributed by atoms with Gasteiger partial charge in [-0.15, -0.1) is 0 Å². The molecule has 0 aliphatic carbocycles. The van der Waals surface area contributed by atoms with E-state index in [9.17, 15) is 4.79 Å². The van der Waals surface area contributed by atoms with Crippen LogP contribution in [0.1, 0.15) is 0 Å². The van der Waals surface area contributed by atoms with E-state index >= 15 is 0 Å². The molecule has 2 rings (SSSR count). The van der Waals surface area contributed by atoms with Crippen LogP contribution in [0.2, 0.25) is 5.02 Å². The van der Waals surface area contributed by atoms with Gasteiger partial charge in [-0.1, -0.05) is 23.7 Å². The first-order valence-corrected chi connectivity index (χ1v) is 4.72. The van der Waals surface area contributed by atoms with E-state index in [4.69, 9.17) is 21.6 Å². The average molecular weight is 223 g/mol. The Labute approximate surface area is 91.6 Å². The summed E-state index contributed by atoms with van der Waals surface area (Å²) >= 11 is 5.93. The molecule has 1 aliphatic heterocycles. The Hall–Kier alpha value is -1.73. The highest BCUT2D eigenvalue weighted by Crippen LogP contribution is 2.28. The van der Waals surface area contributed by atoms with Gasteiger partial charge in [-0.3, -0.25) is 4.90 Å². The third-order valence-corrected chi connectivity index (χ3v) is 2.42. The van der Waals surface area contributed by atoms with Crippen molar-refractivity contribution in [1.82, 2.24) is 0 Å². The molecule has 76 valence electrons. The van der Waals surface area contributed by atoms with Crippen molar-refractivity contribution in [3.05, 3.63) is 29.3 Å². The van der Waals surface area contributed by atoms with E-state index in [0.717, 1.165) is 0 Å². The molecule has 0 spiro atoms. The molecule has 0 aromatic heterocycles. The number of benzene rings is 1. The maximum atomic E-state index is 11.4.